The molecule has 2 aromatic rings. The largest absolute Gasteiger partial charge is 0.491 e. The van der Waals surface area contributed by atoms with E-state index in [-0.39, 0.29) is 12.3 Å². The third kappa shape index (κ3) is 4.29. The number of esters is 1. The third-order valence-electron chi connectivity index (χ3n) is 3.19. The van der Waals surface area contributed by atoms with Gasteiger partial charge in [0.25, 0.3) is 5.91 Å². The van der Waals surface area contributed by atoms with Crippen molar-refractivity contribution in [2.75, 3.05) is 13.7 Å². The van der Waals surface area contributed by atoms with Crippen molar-refractivity contribution in [3.63, 3.8) is 0 Å². The molecule has 6 heteroatoms. The van der Waals surface area contributed by atoms with Gasteiger partial charge in [-0.3, -0.25) is 9.78 Å². The van der Waals surface area contributed by atoms with Gasteiger partial charge in [0.05, 0.1) is 7.11 Å². The highest BCUT2D eigenvalue weighted by atomic mass is 16.5. The quantitative estimate of drug-likeness (QED) is 0.823. The molecule has 0 spiro atoms. The first-order chi connectivity index (χ1) is 11.0. The molecular formula is C17H18N2O4. The molecule has 0 bridgehead atoms. The average molecular weight is 314 g/mol. The summed E-state index contributed by atoms with van der Waals surface area (Å²) in [6.07, 6.45) is 1.50. The van der Waals surface area contributed by atoms with Crippen molar-refractivity contribution in [3.05, 3.63) is 60.4 Å². The number of amides is 1. The molecule has 0 aliphatic carbocycles. The molecule has 1 heterocycles. The lowest BCUT2D eigenvalue weighted by Gasteiger charge is -2.27. The standard InChI is InChI=1S/C17H18N2O4/c1-17(16(21)22-2,12-23-13-8-4-3-5-9-13)19-15(20)14-10-6-7-11-18-14/h3-11H,12H2,1-2H3,(H,19,20). The molecule has 1 amide bonds. The highest BCUT2D eigenvalue weighted by Crippen LogP contribution is 2.14. The summed E-state index contributed by atoms with van der Waals surface area (Å²) in [5.41, 5.74) is -1.12. The second-order valence-electron chi connectivity index (χ2n) is 5.09. The second-order valence-corrected chi connectivity index (χ2v) is 5.09. The summed E-state index contributed by atoms with van der Waals surface area (Å²) >= 11 is 0. The van der Waals surface area contributed by atoms with E-state index in [1.807, 2.05) is 18.2 Å². The first kappa shape index (κ1) is 16.5. The minimum atomic E-state index is -1.33. The van der Waals surface area contributed by atoms with Crippen LogP contribution in [0.3, 0.4) is 0 Å². The molecule has 1 aromatic heterocycles. The van der Waals surface area contributed by atoms with Gasteiger partial charge < -0.3 is 14.8 Å². The summed E-state index contributed by atoms with van der Waals surface area (Å²) in [6.45, 7) is 1.48. The fourth-order valence-electron chi connectivity index (χ4n) is 1.93. The number of rotatable bonds is 6. The van der Waals surface area contributed by atoms with Crippen molar-refractivity contribution in [1.29, 1.82) is 0 Å². The predicted molar refractivity (Wildman–Crippen MR) is 84.1 cm³/mol. The number of pyridine rings is 1. The zero-order valence-corrected chi connectivity index (χ0v) is 13.0. The normalized spacial score (nSPS) is 12.8. The maximum absolute atomic E-state index is 12.3. The van der Waals surface area contributed by atoms with Crippen LogP contribution in [0.4, 0.5) is 0 Å². The average Bonchev–Trinajstić information content (AvgIpc) is 2.61. The van der Waals surface area contributed by atoms with Gasteiger partial charge in [-0.15, -0.1) is 0 Å². The highest BCUT2D eigenvalue weighted by Gasteiger charge is 2.37. The van der Waals surface area contributed by atoms with Crippen LogP contribution >= 0.6 is 0 Å². The molecule has 0 saturated carbocycles. The molecule has 0 saturated heterocycles. The first-order valence-corrected chi connectivity index (χ1v) is 7.05. The Labute approximate surface area is 134 Å². The van der Waals surface area contributed by atoms with Crippen molar-refractivity contribution < 1.29 is 19.1 Å². The van der Waals surface area contributed by atoms with E-state index in [1.54, 1.807) is 37.3 Å². The van der Waals surface area contributed by atoms with Crippen LogP contribution in [-0.2, 0) is 9.53 Å². The number of hydrogen-bond donors (Lipinski definition) is 1. The summed E-state index contributed by atoms with van der Waals surface area (Å²) in [5.74, 6) is -0.484. The number of benzene rings is 1. The summed E-state index contributed by atoms with van der Waals surface area (Å²) in [6, 6.07) is 14.0. The number of methoxy groups -OCH3 is 1. The Morgan fingerprint density at radius 2 is 1.83 bits per heavy atom. The van der Waals surface area contributed by atoms with Crippen molar-refractivity contribution in [3.8, 4) is 5.75 Å². The molecule has 1 atom stereocenters. The number of nitrogens with zero attached hydrogens (tertiary/aromatic N) is 1. The zero-order valence-electron chi connectivity index (χ0n) is 13.0. The van der Waals surface area contributed by atoms with Gasteiger partial charge in [0.1, 0.15) is 18.1 Å². The molecular weight excluding hydrogens is 296 g/mol. The number of nitrogens with one attached hydrogen (secondary N) is 1. The van der Waals surface area contributed by atoms with E-state index in [9.17, 15) is 9.59 Å². The first-order valence-electron chi connectivity index (χ1n) is 7.05. The Morgan fingerprint density at radius 1 is 1.13 bits per heavy atom. The number of carbonyl (C=O) groups excluding carboxylic acids is 2. The van der Waals surface area contributed by atoms with Crippen LogP contribution in [0.1, 0.15) is 17.4 Å². The van der Waals surface area contributed by atoms with E-state index in [4.69, 9.17) is 9.47 Å². The van der Waals surface area contributed by atoms with Crippen LogP contribution < -0.4 is 10.1 Å². The van der Waals surface area contributed by atoms with Gasteiger partial charge in [-0.2, -0.15) is 0 Å². The Kier molecular flexibility index (Phi) is 5.30. The number of ether oxygens (including phenoxy) is 2. The third-order valence-corrected chi connectivity index (χ3v) is 3.19. The fourth-order valence-corrected chi connectivity index (χ4v) is 1.93. The number of carbonyl (C=O) groups is 2. The summed E-state index contributed by atoms with van der Waals surface area (Å²) in [7, 11) is 1.26. The lowest BCUT2D eigenvalue weighted by atomic mass is 10.0. The van der Waals surface area contributed by atoms with E-state index in [0.717, 1.165) is 0 Å². The van der Waals surface area contributed by atoms with Crippen LogP contribution in [0.5, 0.6) is 5.75 Å². The predicted octanol–water partition coefficient (Wildman–Crippen LogP) is 1.82. The van der Waals surface area contributed by atoms with Crippen LogP contribution in [0.25, 0.3) is 0 Å². The molecule has 0 aliphatic heterocycles. The molecule has 1 unspecified atom stereocenters. The molecule has 1 aromatic carbocycles. The lowest BCUT2D eigenvalue weighted by Crippen LogP contribution is -2.56. The number of hydrogen-bond acceptors (Lipinski definition) is 5. The van der Waals surface area contributed by atoms with Gasteiger partial charge in [0.15, 0.2) is 5.54 Å². The Balaban J connectivity index is 2.12. The Morgan fingerprint density at radius 3 is 2.43 bits per heavy atom. The maximum Gasteiger partial charge on any atom is 0.334 e. The summed E-state index contributed by atoms with van der Waals surface area (Å²) < 4.78 is 10.4. The van der Waals surface area contributed by atoms with E-state index in [1.165, 1.54) is 13.3 Å². The van der Waals surface area contributed by atoms with Crippen LogP contribution in [0.15, 0.2) is 54.7 Å². The van der Waals surface area contributed by atoms with Gasteiger partial charge in [-0.1, -0.05) is 24.3 Å². The van der Waals surface area contributed by atoms with Crippen molar-refractivity contribution in [2.24, 2.45) is 0 Å². The molecule has 0 aliphatic rings. The van der Waals surface area contributed by atoms with Crippen LogP contribution in [-0.4, -0.2) is 36.1 Å². The number of aromatic nitrogens is 1. The SMILES string of the molecule is COC(=O)C(C)(COc1ccccc1)NC(=O)c1ccccn1. The van der Waals surface area contributed by atoms with E-state index in [0.29, 0.717) is 5.75 Å². The monoisotopic (exact) mass is 314 g/mol. The highest BCUT2D eigenvalue weighted by molar-refractivity contribution is 5.96. The van der Waals surface area contributed by atoms with Crippen molar-refractivity contribution in [2.45, 2.75) is 12.5 Å². The van der Waals surface area contributed by atoms with Crippen molar-refractivity contribution >= 4 is 11.9 Å². The molecule has 23 heavy (non-hydrogen) atoms. The second kappa shape index (κ2) is 7.40. The lowest BCUT2D eigenvalue weighted by molar-refractivity contribution is -0.148. The van der Waals surface area contributed by atoms with Gasteiger partial charge in [-0.25, -0.2) is 4.79 Å². The van der Waals surface area contributed by atoms with Gasteiger partial charge in [0, 0.05) is 6.20 Å². The maximum atomic E-state index is 12.3. The van der Waals surface area contributed by atoms with Crippen LogP contribution in [0.2, 0.25) is 0 Å². The zero-order chi connectivity index (χ0) is 16.7. The molecule has 2 rings (SSSR count). The fraction of sp³-hybridized carbons (Fsp3) is 0.235. The van der Waals surface area contributed by atoms with Gasteiger partial charge in [-0.05, 0) is 31.2 Å². The summed E-state index contributed by atoms with van der Waals surface area (Å²) in [4.78, 5) is 28.3. The topological polar surface area (TPSA) is 77.5 Å². The number of para-hydroxylation sites is 1. The van der Waals surface area contributed by atoms with Crippen molar-refractivity contribution in [1.82, 2.24) is 10.3 Å². The van der Waals surface area contributed by atoms with Crippen LogP contribution in [0, 0.1) is 0 Å². The smallest absolute Gasteiger partial charge is 0.334 e. The van der Waals surface area contributed by atoms with E-state index < -0.39 is 17.4 Å². The molecule has 0 radical (unpaired) electrons. The Hall–Kier alpha value is -2.89. The minimum Gasteiger partial charge on any atom is -0.491 e. The van der Waals surface area contributed by atoms with Gasteiger partial charge >= 0.3 is 5.97 Å². The van der Waals surface area contributed by atoms with Gasteiger partial charge in [0.2, 0.25) is 0 Å². The molecule has 0 fully saturated rings. The Bertz CT molecular complexity index is 661. The van der Waals surface area contributed by atoms with E-state index in [2.05, 4.69) is 10.3 Å². The molecule has 1 N–H and O–H groups in total. The summed E-state index contributed by atoms with van der Waals surface area (Å²) in [5, 5.41) is 2.63. The van der Waals surface area contributed by atoms with E-state index >= 15 is 0 Å². The minimum absolute atomic E-state index is 0.0672. The molecule has 6 nitrogen and oxygen atoms in total. The molecule has 120 valence electrons.